The Morgan fingerprint density at radius 3 is 2.83 bits per heavy atom. The van der Waals surface area contributed by atoms with E-state index in [1.54, 1.807) is 12.1 Å². The van der Waals surface area contributed by atoms with Gasteiger partial charge in [-0.25, -0.2) is 9.07 Å². The molecule has 0 saturated heterocycles. The molecule has 0 aliphatic heterocycles. The van der Waals surface area contributed by atoms with Crippen molar-refractivity contribution in [2.45, 2.75) is 13.5 Å². The summed E-state index contributed by atoms with van der Waals surface area (Å²) in [4.78, 5) is 10.2. The summed E-state index contributed by atoms with van der Waals surface area (Å²) in [7, 11) is 0. The Morgan fingerprint density at radius 2 is 2.28 bits per heavy atom. The van der Waals surface area contributed by atoms with Gasteiger partial charge >= 0.3 is 5.69 Å². The zero-order valence-electron chi connectivity index (χ0n) is 9.43. The van der Waals surface area contributed by atoms with Gasteiger partial charge in [0, 0.05) is 0 Å². The molecule has 0 amide bonds. The standard InChI is InChI=1S/C11H9ClFN3O2/c1-7-10(16(17)18)11(12)15(14-7)6-8-3-2-4-9(13)5-8/h2-5H,6H2,1H3. The molecule has 7 heteroatoms. The third-order valence-corrected chi connectivity index (χ3v) is 2.81. The van der Waals surface area contributed by atoms with Crippen LogP contribution in [0.15, 0.2) is 24.3 Å². The Balaban J connectivity index is 2.36. The number of rotatable bonds is 3. The molecule has 0 saturated carbocycles. The van der Waals surface area contributed by atoms with Crippen molar-refractivity contribution in [1.82, 2.24) is 9.78 Å². The van der Waals surface area contributed by atoms with Gasteiger partial charge in [-0.15, -0.1) is 0 Å². The van der Waals surface area contributed by atoms with Crippen molar-refractivity contribution in [3.05, 3.63) is 56.6 Å². The van der Waals surface area contributed by atoms with E-state index in [9.17, 15) is 14.5 Å². The number of aromatic nitrogens is 2. The first-order chi connectivity index (χ1) is 8.49. The summed E-state index contributed by atoms with van der Waals surface area (Å²) in [6.07, 6.45) is 0. The second-order valence-corrected chi connectivity index (χ2v) is 4.13. The van der Waals surface area contributed by atoms with Crippen molar-refractivity contribution in [2.75, 3.05) is 0 Å². The van der Waals surface area contributed by atoms with Gasteiger partial charge < -0.3 is 0 Å². The molecule has 0 aliphatic carbocycles. The Hall–Kier alpha value is -1.95. The van der Waals surface area contributed by atoms with E-state index in [4.69, 9.17) is 11.6 Å². The van der Waals surface area contributed by atoms with Crippen LogP contribution in [-0.4, -0.2) is 14.7 Å². The SMILES string of the molecule is Cc1nn(Cc2cccc(F)c2)c(Cl)c1[N+](=O)[O-]. The van der Waals surface area contributed by atoms with Crippen LogP contribution >= 0.6 is 11.6 Å². The molecule has 0 bridgehead atoms. The van der Waals surface area contributed by atoms with Gasteiger partial charge in [-0.1, -0.05) is 23.7 Å². The lowest BCUT2D eigenvalue weighted by atomic mass is 10.2. The fourth-order valence-corrected chi connectivity index (χ4v) is 1.97. The highest BCUT2D eigenvalue weighted by molar-refractivity contribution is 6.31. The van der Waals surface area contributed by atoms with E-state index in [2.05, 4.69) is 5.10 Å². The molecule has 0 N–H and O–H groups in total. The number of hydrogen-bond donors (Lipinski definition) is 0. The Bertz CT molecular complexity index is 612. The summed E-state index contributed by atoms with van der Waals surface area (Å²) in [5.41, 5.74) is 0.656. The largest absolute Gasteiger partial charge is 0.328 e. The van der Waals surface area contributed by atoms with Gasteiger partial charge in [0.05, 0.1) is 11.5 Å². The van der Waals surface area contributed by atoms with Crippen LogP contribution in [0.2, 0.25) is 5.15 Å². The first kappa shape index (κ1) is 12.5. The molecule has 5 nitrogen and oxygen atoms in total. The van der Waals surface area contributed by atoms with Crippen molar-refractivity contribution in [3.8, 4) is 0 Å². The molecule has 1 aromatic heterocycles. The highest BCUT2D eigenvalue weighted by Crippen LogP contribution is 2.28. The van der Waals surface area contributed by atoms with Crippen molar-refractivity contribution >= 4 is 17.3 Å². The molecule has 18 heavy (non-hydrogen) atoms. The summed E-state index contributed by atoms with van der Waals surface area (Å²) in [6, 6.07) is 5.91. The summed E-state index contributed by atoms with van der Waals surface area (Å²) < 4.78 is 14.3. The van der Waals surface area contributed by atoms with Gasteiger partial charge in [0.15, 0.2) is 0 Å². The van der Waals surface area contributed by atoms with Crippen LogP contribution in [0.5, 0.6) is 0 Å². The average Bonchev–Trinajstić information content (AvgIpc) is 2.54. The topological polar surface area (TPSA) is 61.0 Å². The molecule has 0 fully saturated rings. The maximum atomic E-state index is 13.0. The normalized spacial score (nSPS) is 10.6. The number of halogens is 2. The van der Waals surface area contributed by atoms with Crippen LogP contribution in [0.4, 0.5) is 10.1 Å². The monoisotopic (exact) mass is 269 g/mol. The van der Waals surface area contributed by atoms with Crippen molar-refractivity contribution in [1.29, 1.82) is 0 Å². The van der Waals surface area contributed by atoms with E-state index >= 15 is 0 Å². The molecule has 1 aromatic carbocycles. The molecule has 0 aliphatic rings. The first-order valence-corrected chi connectivity index (χ1v) is 5.48. The van der Waals surface area contributed by atoms with Gasteiger partial charge in [0.1, 0.15) is 11.5 Å². The summed E-state index contributed by atoms with van der Waals surface area (Å²) in [5.74, 6) is -0.373. The molecule has 2 rings (SSSR count). The Labute approximate surface area is 107 Å². The lowest BCUT2D eigenvalue weighted by molar-refractivity contribution is -0.385. The first-order valence-electron chi connectivity index (χ1n) is 5.11. The maximum absolute atomic E-state index is 13.0. The highest BCUT2D eigenvalue weighted by Gasteiger charge is 2.23. The van der Waals surface area contributed by atoms with Crippen LogP contribution in [0.3, 0.4) is 0 Å². The minimum atomic E-state index is -0.577. The Morgan fingerprint density at radius 1 is 1.56 bits per heavy atom. The number of aryl methyl sites for hydroxylation is 1. The van der Waals surface area contributed by atoms with E-state index < -0.39 is 4.92 Å². The summed E-state index contributed by atoms with van der Waals surface area (Å²) in [6.45, 7) is 1.69. The second kappa shape index (κ2) is 4.73. The van der Waals surface area contributed by atoms with E-state index in [0.717, 1.165) is 0 Å². The number of nitrogens with zero attached hydrogens (tertiary/aromatic N) is 3. The molecule has 2 aromatic rings. The second-order valence-electron chi connectivity index (χ2n) is 3.77. The molecule has 0 radical (unpaired) electrons. The minimum Gasteiger partial charge on any atom is -0.258 e. The minimum absolute atomic E-state index is 0.0539. The quantitative estimate of drug-likeness (QED) is 0.636. The average molecular weight is 270 g/mol. The number of benzene rings is 1. The predicted octanol–water partition coefficient (Wildman–Crippen LogP) is 2.94. The fourth-order valence-electron chi connectivity index (χ4n) is 1.66. The van der Waals surface area contributed by atoms with Gasteiger partial charge in [-0.05, 0) is 24.6 Å². The van der Waals surface area contributed by atoms with Crippen LogP contribution in [0.25, 0.3) is 0 Å². The lowest BCUT2D eigenvalue weighted by Gasteiger charge is -2.02. The fraction of sp³-hybridized carbons (Fsp3) is 0.182. The van der Waals surface area contributed by atoms with Gasteiger partial charge in [-0.3, -0.25) is 10.1 Å². The predicted molar refractivity (Wildman–Crippen MR) is 64.1 cm³/mol. The van der Waals surface area contributed by atoms with Gasteiger partial charge in [0.25, 0.3) is 0 Å². The lowest BCUT2D eigenvalue weighted by Crippen LogP contribution is -2.02. The number of hydrogen-bond acceptors (Lipinski definition) is 3. The molecule has 1 heterocycles. The van der Waals surface area contributed by atoms with E-state index in [1.807, 2.05) is 0 Å². The molecule has 0 spiro atoms. The van der Waals surface area contributed by atoms with E-state index in [1.165, 1.54) is 23.7 Å². The summed E-state index contributed by atoms with van der Waals surface area (Å²) >= 11 is 5.88. The van der Waals surface area contributed by atoms with Crippen molar-refractivity contribution in [2.24, 2.45) is 0 Å². The highest BCUT2D eigenvalue weighted by atomic mass is 35.5. The molecule has 0 atom stereocenters. The van der Waals surface area contributed by atoms with Crippen LogP contribution in [-0.2, 0) is 6.54 Å². The molecule has 94 valence electrons. The van der Waals surface area contributed by atoms with Gasteiger partial charge in [-0.2, -0.15) is 5.10 Å². The zero-order chi connectivity index (χ0) is 13.3. The number of nitro groups is 1. The van der Waals surface area contributed by atoms with Crippen molar-refractivity contribution < 1.29 is 9.31 Å². The van der Waals surface area contributed by atoms with Gasteiger partial charge in [0.2, 0.25) is 5.15 Å². The van der Waals surface area contributed by atoms with E-state index in [0.29, 0.717) is 5.56 Å². The maximum Gasteiger partial charge on any atom is 0.328 e. The van der Waals surface area contributed by atoms with Crippen LogP contribution < -0.4 is 0 Å². The Kier molecular flexibility index (Phi) is 3.29. The molecular formula is C11H9ClFN3O2. The third kappa shape index (κ3) is 2.33. The third-order valence-electron chi connectivity index (χ3n) is 2.44. The van der Waals surface area contributed by atoms with E-state index in [-0.39, 0.29) is 28.9 Å². The summed E-state index contributed by atoms with van der Waals surface area (Å²) in [5, 5.41) is 14.7. The smallest absolute Gasteiger partial charge is 0.258 e. The molecular weight excluding hydrogens is 261 g/mol. The molecule has 0 unspecified atom stereocenters. The van der Waals surface area contributed by atoms with Crippen molar-refractivity contribution in [3.63, 3.8) is 0 Å². The van der Waals surface area contributed by atoms with Crippen LogP contribution in [0.1, 0.15) is 11.3 Å². The zero-order valence-corrected chi connectivity index (χ0v) is 10.2. The van der Waals surface area contributed by atoms with Crippen LogP contribution in [0, 0.1) is 22.9 Å².